The number of nitrogens with zero attached hydrogens (tertiary/aromatic N) is 1. The van der Waals surface area contributed by atoms with Crippen molar-refractivity contribution in [1.29, 1.82) is 0 Å². The highest BCUT2D eigenvalue weighted by Gasteiger charge is 2.28. The second-order valence-corrected chi connectivity index (χ2v) is 7.40. The van der Waals surface area contributed by atoms with E-state index in [1.54, 1.807) is 12.1 Å². The standard InChI is InChI=1S/C22H24N2O5/c1-14-10-24(11-21(29-14)16-6-4-3-5-7-16)12-22(26)23-18-9-20-19(27-13-28-20)8-17(18)15(2)25/h3-9,14,21H,10-13H2,1-2H3,(H,23,26). The average molecular weight is 396 g/mol. The first-order valence-electron chi connectivity index (χ1n) is 9.67. The molecule has 2 aromatic rings. The van der Waals surface area contributed by atoms with Gasteiger partial charge < -0.3 is 19.5 Å². The molecule has 1 amide bonds. The number of carbonyl (C=O) groups excluding carboxylic acids is 2. The first kappa shape index (κ1) is 19.4. The lowest BCUT2D eigenvalue weighted by molar-refractivity contribution is -0.122. The third kappa shape index (κ3) is 4.41. The largest absolute Gasteiger partial charge is 0.454 e. The highest BCUT2D eigenvalue weighted by atomic mass is 16.7. The van der Waals surface area contributed by atoms with E-state index in [-0.39, 0.29) is 37.2 Å². The maximum Gasteiger partial charge on any atom is 0.238 e. The fourth-order valence-corrected chi connectivity index (χ4v) is 3.75. The zero-order valence-electron chi connectivity index (χ0n) is 16.5. The van der Waals surface area contributed by atoms with Crippen molar-refractivity contribution < 1.29 is 23.8 Å². The Kier molecular flexibility index (Phi) is 5.51. The van der Waals surface area contributed by atoms with Crippen molar-refractivity contribution in [3.8, 4) is 11.5 Å². The number of rotatable bonds is 5. The lowest BCUT2D eigenvalue weighted by Crippen LogP contribution is -2.46. The van der Waals surface area contributed by atoms with Crippen LogP contribution in [0, 0.1) is 0 Å². The van der Waals surface area contributed by atoms with Gasteiger partial charge in [-0.15, -0.1) is 0 Å². The zero-order chi connectivity index (χ0) is 20.4. The van der Waals surface area contributed by atoms with Gasteiger partial charge in [-0.25, -0.2) is 0 Å². The molecule has 1 fully saturated rings. The Morgan fingerprint density at radius 2 is 1.83 bits per heavy atom. The third-order valence-electron chi connectivity index (χ3n) is 5.04. The molecule has 1 N–H and O–H groups in total. The van der Waals surface area contributed by atoms with Crippen molar-refractivity contribution >= 4 is 17.4 Å². The van der Waals surface area contributed by atoms with Crippen molar-refractivity contribution in [2.24, 2.45) is 0 Å². The highest BCUT2D eigenvalue weighted by molar-refractivity contribution is 6.05. The van der Waals surface area contributed by atoms with Gasteiger partial charge in [-0.2, -0.15) is 0 Å². The monoisotopic (exact) mass is 396 g/mol. The molecule has 152 valence electrons. The number of benzene rings is 2. The summed E-state index contributed by atoms with van der Waals surface area (Å²) in [6, 6.07) is 13.3. The van der Waals surface area contributed by atoms with Crippen LogP contribution in [0.3, 0.4) is 0 Å². The number of nitrogens with one attached hydrogen (secondary N) is 1. The van der Waals surface area contributed by atoms with Gasteiger partial charge in [0.25, 0.3) is 0 Å². The van der Waals surface area contributed by atoms with Crippen LogP contribution in [0.15, 0.2) is 42.5 Å². The van der Waals surface area contributed by atoms with E-state index in [1.165, 1.54) is 6.92 Å². The lowest BCUT2D eigenvalue weighted by Gasteiger charge is -2.36. The number of amides is 1. The summed E-state index contributed by atoms with van der Waals surface area (Å²) in [7, 11) is 0. The first-order chi connectivity index (χ1) is 14.0. The summed E-state index contributed by atoms with van der Waals surface area (Å²) in [5.74, 6) is 0.699. The van der Waals surface area contributed by atoms with Crippen LogP contribution >= 0.6 is 0 Å². The molecule has 7 nitrogen and oxygen atoms in total. The molecule has 2 aliphatic rings. The van der Waals surface area contributed by atoms with Gasteiger partial charge in [0, 0.05) is 24.7 Å². The maximum absolute atomic E-state index is 12.7. The van der Waals surface area contributed by atoms with E-state index in [4.69, 9.17) is 14.2 Å². The quantitative estimate of drug-likeness (QED) is 0.783. The Hall–Kier alpha value is -2.90. The van der Waals surface area contributed by atoms with E-state index in [2.05, 4.69) is 10.2 Å². The Morgan fingerprint density at radius 1 is 1.10 bits per heavy atom. The molecule has 0 aliphatic carbocycles. The Bertz CT molecular complexity index is 915. The highest BCUT2D eigenvalue weighted by Crippen LogP contribution is 2.37. The number of hydrogen-bond donors (Lipinski definition) is 1. The molecule has 7 heteroatoms. The molecule has 0 radical (unpaired) electrons. The molecule has 0 saturated carbocycles. The van der Waals surface area contributed by atoms with Gasteiger partial charge in [0.2, 0.25) is 12.7 Å². The van der Waals surface area contributed by atoms with Crippen molar-refractivity contribution in [3.63, 3.8) is 0 Å². The Morgan fingerprint density at radius 3 is 2.55 bits per heavy atom. The van der Waals surface area contributed by atoms with Crippen molar-refractivity contribution in [1.82, 2.24) is 4.90 Å². The number of ketones is 1. The average Bonchev–Trinajstić information content (AvgIpc) is 3.14. The van der Waals surface area contributed by atoms with E-state index >= 15 is 0 Å². The number of Topliss-reactive ketones (excluding diaryl/α,β-unsaturated/α-hetero) is 1. The first-order valence-corrected chi connectivity index (χ1v) is 9.67. The molecule has 0 aromatic heterocycles. The van der Waals surface area contributed by atoms with Gasteiger partial charge in [-0.05, 0) is 25.5 Å². The summed E-state index contributed by atoms with van der Waals surface area (Å²) in [5, 5.41) is 2.86. The normalized spacial score (nSPS) is 21.0. The fraction of sp³-hybridized carbons (Fsp3) is 0.364. The van der Waals surface area contributed by atoms with E-state index < -0.39 is 0 Å². The van der Waals surface area contributed by atoms with Crippen LogP contribution in [0.2, 0.25) is 0 Å². The predicted molar refractivity (Wildman–Crippen MR) is 107 cm³/mol. The second-order valence-electron chi connectivity index (χ2n) is 7.40. The van der Waals surface area contributed by atoms with Crippen molar-refractivity contribution in [2.45, 2.75) is 26.1 Å². The summed E-state index contributed by atoms with van der Waals surface area (Å²) in [5.41, 5.74) is 1.94. The minimum Gasteiger partial charge on any atom is -0.454 e. The second kappa shape index (κ2) is 8.23. The number of morpholine rings is 1. The summed E-state index contributed by atoms with van der Waals surface area (Å²) in [6.45, 7) is 5.08. The van der Waals surface area contributed by atoms with Gasteiger partial charge in [0.1, 0.15) is 0 Å². The molecule has 0 spiro atoms. The van der Waals surface area contributed by atoms with Gasteiger partial charge in [-0.3, -0.25) is 14.5 Å². The fourth-order valence-electron chi connectivity index (χ4n) is 3.75. The van der Waals surface area contributed by atoms with Gasteiger partial charge >= 0.3 is 0 Å². The van der Waals surface area contributed by atoms with Gasteiger partial charge in [0.05, 0.1) is 24.4 Å². The molecule has 2 aromatic carbocycles. The van der Waals surface area contributed by atoms with E-state index in [0.717, 1.165) is 5.56 Å². The third-order valence-corrected chi connectivity index (χ3v) is 5.04. The van der Waals surface area contributed by atoms with E-state index in [1.807, 2.05) is 37.3 Å². The minimum absolute atomic E-state index is 0.0140. The zero-order valence-corrected chi connectivity index (χ0v) is 16.5. The molecule has 4 rings (SSSR count). The number of carbonyl (C=O) groups is 2. The van der Waals surface area contributed by atoms with Crippen LogP contribution in [0.1, 0.15) is 35.9 Å². The van der Waals surface area contributed by atoms with Crippen LogP contribution in [-0.4, -0.2) is 49.1 Å². The smallest absolute Gasteiger partial charge is 0.238 e. The summed E-state index contributed by atoms with van der Waals surface area (Å²) in [4.78, 5) is 26.8. The molecular weight excluding hydrogens is 372 g/mol. The van der Waals surface area contributed by atoms with E-state index in [0.29, 0.717) is 35.8 Å². The number of ether oxygens (including phenoxy) is 3. The minimum atomic E-state index is -0.188. The molecule has 0 bridgehead atoms. The van der Waals surface area contributed by atoms with Crippen LogP contribution in [0.5, 0.6) is 11.5 Å². The summed E-state index contributed by atoms with van der Waals surface area (Å²) < 4.78 is 16.8. The number of hydrogen-bond acceptors (Lipinski definition) is 6. The van der Waals surface area contributed by atoms with Gasteiger partial charge in [-0.1, -0.05) is 30.3 Å². The lowest BCUT2D eigenvalue weighted by atomic mass is 10.1. The summed E-state index contributed by atoms with van der Waals surface area (Å²) >= 11 is 0. The summed E-state index contributed by atoms with van der Waals surface area (Å²) in [6.07, 6.45) is -0.0637. The van der Waals surface area contributed by atoms with Crippen LogP contribution in [0.25, 0.3) is 0 Å². The van der Waals surface area contributed by atoms with Crippen LogP contribution < -0.4 is 14.8 Å². The topological polar surface area (TPSA) is 77.1 Å². The van der Waals surface area contributed by atoms with Crippen LogP contribution in [-0.2, 0) is 9.53 Å². The number of fused-ring (bicyclic) bond motifs is 1. The molecule has 1 saturated heterocycles. The van der Waals surface area contributed by atoms with E-state index in [9.17, 15) is 9.59 Å². The van der Waals surface area contributed by atoms with Crippen molar-refractivity contribution in [2.75, 3.05) is 31.7 Å². The molecule has 2 atom stereocenters. The van der Waals surface area contributed by atoms with Gasteiger partial charge in [0.15, 0.2) is 17.3 Å². The molecule has 2 unspecified atom stereocenters. The predicted octanol–water partition coefficient (Wildman–Crippen LogP) is 3.02. The SMILES string of the molecule is CC(=O)c1cc2c(cc1NC(=O)CN1CC(C)OC(c3ccccc3)C1)OCO2. The number of anilines is 1. The maximum atomic E-state index is 12.7. The Labute approximate surface area is 169 Å². The molecule has 2 aliphatic heterocycles. The Balaban J connectivity index is 1.45. The molecular formula is C22H24N2O5. The van der Waals surface area contributed by atoms with Crippen LogP contribution in [0.4, 0.5) is 5.69 Å². The molecule has 2 heterocycles. The van der Waals surface area contributed by atoms with Crippen molar-refractivity contribution in [3.05, 3.63) is 53.6 Å². The molecule has 29 heavy (non-hydrogen) atoms.